The number of rotatable bonds is 0. The molecule has 0 aliphatic heterocycles. The van der Waals surface area contributed by atoms with E-state index in [0.717, 1.165) is 28.6 Å². The molecule has 14 heavy (non-hydrogen) atoms. The normalized spacial score (nSPS) is 21.1. The van der Waals surface area contributed by atoms with Crippen molar-refractivity contribution in [2.75, 3.05) is 0 Å². The van der Waals surface area contributed by atoms with Gasteiger partial charge >= 0.3 is 0 Å². The van der Waals surface area contributed by atoms with Crippen LogP contribution in [0.5, 0.6) is 0 Å². The fourth-order valence-corrected chi connectivity index (χ4v) is 2.10. The maximum Gasteiger partial charge on any atom is 0.141 e. The van der Waals surface area contributed by atoms with Crippen molar-refractivity contribution in [1.29, 1.82) is 0 Å². The highest BCUT2D eigenvalue weighted by molar-refractivity contribution is 5.85. The molecule has 1 atom stereocenters. The summed E-state index contributed by atoms with van der Waals surface area (Å²) < 4.78 is 13.5. The van der Waals surface area contributed by atoms with Crippen molar-refractivity contribution >= 4 is 10.9 Å². The monoisotopic (exact) mass is 187 g/mol. The zero-order valence-corrected chi connectivity index (χ0v) is 7.68. The second-order valence-electron chi connectivity index (χ2n) is 3.66. The van der Waals surface area contributed by atoms with E-state index in [1.165, 1.54) is 0 Å². The molecule has 0 saturated heterocycles. The van der Waals surface area contributed by atoms with Gasteiger partial charge in [-0.05, 0) is 30.9 Å². The zero-order valence-electron chi connectivity index (χ0n) is 7.68. The number of aromatic nitrogens is 1. The summed E-state index contributed by atoms with van der Waals surface area (Å²) >= 11 is 0. The molecular formula is C12H10FN. The van der Waals surface area contributed by atoms with E-state index < -0.39 is 6.17 Å². The predicted molar refractivity (Wildman–Crippen MR) is 53.7 cm³/mol. The van der Waals surface area contributed by atoms with E-state index in [9.17, 15) is 4.39 Å². The lowest BCUT2D eigenvalue weighted by atomic mass is 9.94. The first-order valence-corrected chi connectivity index (χ1v) is 4.80. The Balaban J connectivity index is 2.32. The summed E-state index contributed by atoms with van der Waals surface area (Å²) in [5.41, 5.74) is 2.87. The SMILES string of the molecule is FC1C[C]Cc2c1[nH]c1ccccc21. The Morgan fingerprint density at radius 2 is 2.21 bits per heavy atom. The van der Waals surface area contributed by atoms with Crippen LogP contribution in [-0.2, 0) is 6.42 Å². The molecule has 0 saturated carbocycles. The van der Waals surface area contributed by atoms with Crippen LogP contribution >= 0.6 is 0 Å². The van der Waals surface area contributed by atoms with Crippen LogP contribution in [0.3, 0.4) is 0 Å². The standard InChI is InChI=1S/C12H10FN/c13-10-6-3-5-9-8-4-1-2-7-11(8)14-12(9)10/h1-2,4,7,10,14H,5-6H2. The van der Waals surface area contributed by atoms with E-state index in [1.807, 2.05) is 24.3 Å². The fraction of sp³-hybridized carbons (Fsp3) is 0.250. The number of hydrogen-bond donors (Lipinski definition) is 1. The maximum atomic E-state index is 13.5. The molecule has 1 aromatic heterocycles. The minimum Gasteiger partial charge on any atom is -0.356 e. The van der Waals surface area contributed by atoms with Gasteiger partial charge in [-0.15, -0.1) is 0 Å². The van der Waals surface area contributed by atoms with E-state index in [1.54, 1.807) is 0 Å². The van der Waals surface area contributed by atoms with Gasteiger partial charge in [-0.25, -0.2) is 4.39 Å². The third-order valence-electron chi connectivity index (χ3n) is 2.79. The first kappa shape index (κ1) is 8.04. The van der Waals surface area contributed by atoms with Gasteiger partial charge in [0, 0.05) is 10.9 Å². The predicted octanol–water partition coefficient (Wildman–Crippen LogP) is 3.21. The van der Waals surface area contributed by atoms with Crippen LogP contribution in [0.15, 0.2) is 24.3 Å². The molecular weight excluding hydrogens is 177 g/mol. The molecule has 0 bridgehead atoms. The van der Waals surface area contributed by atoms with E-state index in [2.05, 4.69) is 11.4 Å². The van der Waals surface area contributed by atoms with Gasteiger partial charge in [0.25, 0.3) is 0 Å². The molecule has 1 aliphatic rings. The minimum absolute atomic E-state index is 0.416. The molecule has 1 N–H and O–H groups in total. The molecule has 2 aromatic rings. The van der Waals surface area contributed by atoms with Crippen LogP contribution in [0, 0.1) is 6.42 Å². The van der Waals surface area contributed by atoms with Crippen LogP contribution < -0.4 is 0 Å². The van der Waals surface area contributed by atoms with Crippen LogP contribution in [0.2, 0.25) is 0 Å². The van der Waals surface area contributed by atoms with Crippen LogP contribution in [-0.4, -0.2) is 4.98 Å². The molecule has 3 rings (SSSR count). The summed E-state index contributed by atoms with van der Waals surface area (Å²) in [6.07, 6.45) is 3.36. The average molecular weight is 187 g/mol. The third kappa shape index (κ3) is 0.999. The average Bonchev–Trinajstić information content (AvgIpc) is 2.59. The number of H-pyrrole nitrogens is 1. The first-order valence-electron chi connectivity index (χ1n) is 4.80. The van der Waals surface area contributed by atoms with E-state index in [-0.39, 0.29) is 0 Å². The van der Waals surface area contributed by atoms with Crippen molar-refractivity contribution in [2.45, 2.75) is 19.0 Å². The number of hydrogen-bond acceptors (Lipinski definition) is 0. The van der Waals surface area contributed by atoms with Gasteiger partial charge in [0.15, 0.2) is 0 Å². The number of benzene rings is 1. The maximum absolute atomic E-state index is 13.5. The Kier molecular flexibility index (Phi) is 1.63. The van der Waals surface area contributed by atoms with Crippen molar-refractivity contribution in [3.8, 4) is 0 Å². The molecule has 2 heteroatoms. The van der Waals surface area contributed by atoms with Crippen molar-refractivity contribution in [3.63, 3.8) is 0 Å². The van der Waals surface area contributed by atoms with Crippen molar-refractivity contribution in [2.24, 2.45) is 0 Å². The minimum atomic E-state index is -0.897. The zero-order chi connectivity index (χ0) is 9.54. The lowest BCUT2D eigenvalue weighted by Crippen LogP contribution is -2.04. The Morgan fingerprint density at radius 1 is 1.36 bits per heavy atom. The number of fused-ring (bicyclic) bond motifs is 3. The molecule has 2 radical (unpaired) electrons. The first-order chi connectivity index (χ1) is 6.86. The van der Waals surface area contributed by atoms with Crippen LogP contribution in [0.1, 0.15) is 23.8 Å². The second kappa shape index (κ2) is 2.84. The summed E-state index contributed by atoms with van der Waals surface area (Å²) in [5, 5.41) is 1.14. The fourth-order valence-electron chi connectivity index (χ4n) is 2.10. The summed E-state index contributed by atoms with van der Waals surface area (Å²) in [5.74, 6) is 0. The third-order valence-corrected chi connectivity index (χ3v) is 2.79. The number of para-hydroxylation sites is 1. The molecule has 1 aliphatic carbocycles. The smallest absolute Gasteiger partial charge is 0.141 e. The van der Waals surface area contributed by atoms with E-state index in [4.69, 9.17) is 0 Å². The summed E-state index contributed by atoms with van der Waals surface area (Å²) in [4.78, 5) is 3.15. The quantitative estimate of drug-likeness (QED) is 0.651. The highest BCUT2D eigenvalue weighted by atomic mass is 19.1. The van der Waals surface area contributed by atoms with Gasteiger partial charge in [0.05, 0.1) is 5.69 Å². The van der Waals surface area contributed by atoms with Gasteiger partial charge in [-0.2, -0.15) is 0 Å². The number of halogens is 1. The number of aromatic amines is 1. The van der Waals surface area contributed by atoms with Crippen LogP contribution in [0.25, 0.3) is 10.9 Å². The Labute approximate surface area is 81.9 Å². The Bertz CT molecular complexity index is 472. The van der Waals surface area contributed by atoms with Gasteiger partial charge < -0.3 is 4.98 Å². The molecule has 1 unspecified atom stereocenters. The molecule has 1 aromatic carbocycles. The number of alkyl halides is 1. The number of nitrogens with one attached hydrogen (secondary N) is 1. The Hall–Kier alpha value is -1.31. The van der Waals surface area contributed by atoms with Gasteiger partial charge in [0.2, 0.25) is 0 Å². The van der Waals surface area contributed by atoms with Crippen LogP contribution in [0.4, 0.5) is 4.39 Å². The summed E-state index contributed by atoms with van der Waals surface area (Å²) in [6.45, 7) is 0. The molecule has 70 valence electrons. The largest absolute Gasteiger partial charge is 0.356 e. The summed E-state index contributed by atoms with van der Waals surface area (Å²) in [6, 6.07) is 7.97. The highest BCUT2D eigenvalue weighted by Gasteiger charge is 2.23. The molecule has 0 amide bonds. The highest BCUT2D eigenvalue weighted by Crippen LogP contribution is 2.35. The van der Waals surface area contributed by atoms with Gasteiger partial charge in [-0.1, -0.05) is 18.2 Å². The van der Waals surface area contributed by atoms with Crippen molar-refractivity contribution in [3.05, 3.63) is 41.9 Å². The lowest BCUT2D eigenvalue weighted by Gasteiger charge is -2.14. The van der Waals surface area contributed by atoms with Crippen molar-refractivity contribution in [1.82, 2.24) is 4.98 Å². The summed E-state index contributed by atoms with van der Waals surface area (Å²) in [7, 11) is 0. The van der Waals surface area contributed by atoms with Gasteiger partial charge in [-0.3, -0.25) is 0 Å². The van der Waals surface area contributed by atoms with Gasteiger partial charge in [0.1, 0.15) is 6.17 Å². The Morgan fingerprint density at radius 3 is 3.14 bits per heavy atom. The van der Waals surface area contributed by atoms with E-state index >= 15 is 0 Å². The molecule has 0 fully saturated rings. The van der Waals surface area contributed by atoms with E-state index in [0.29, 0.717) is 6.42 Å². The topological polar surface area (TPSA) is 15.8 Å². The van der Waals surface area contributed by atoms with Crippen molar-refractivity contribution < 1.29 is 4.39 Å². The second-order valence-corrected chi connectivity index (χ2v) is 3.66. The lowest BCUT2D eigenvalue weighted by molar-refractivity contribution is 0.322. The molecule has 1 heterocycles. The molecule has 1 nitrogen and oxygen atoms in total. The molecule has 0 spiro atoms.